The predicted octanol–water partition coefficient (Wildman–Crippen LogP) is 3.84. The Hall–Kier alpha value is -1.03. The van der Waals surface area contributed by atoms with Crippen molar-refractivity contribution in [1.29, 1.82) is 0 Å². The van der Waals surface area contributed by atoms with Crippen molar-refractivity contribution in [1.82, 2.24) is 9.78 Å². The molecule has 2 heterocycles. The third-order valence-electron chi connectivity index (χ3n) is 4.14. The maximum Gasteiger partial charge on any atom is 0.0828 e. The quantitative estimate of drug-likeness (QED) is 0.890. The Morgan fingerprint density at radius 1 is 1.40 bits per heavy atom. The molecule has 0 aliphatic carbocycles. The van der Waals surface area contributed by atoms with Gasteiger partial charge in [-0.25, -0.2) is 0 Å². The van der Waals surface area contributed by atoms with Crippen LogP contribution in [0.4, 0.5) is 5.69 Å². The highest BCUT2D eigenvalue weighted by Gasteiger charge is 2.24. The van der Waals surface area contributed by atoms with Gasteiger partial charge in [0, 0.05) is 18.7 Å². The fourth-order valence-electron chi connectivity index (χ4n) is 3.11. The molecule has 0 aromatic carbocycles. The predicted molar refractivity (Wildman–Crippen MR) is 83.4 cm³/mol. The van der Waals surface area contributed by atoms with Crippen molar-refractivity contribution >= 4 is 5.69 Å². The van der Waals surface area contributed by atoms with Gasteiger partial charge >= 0.3 is 0 Å². The number of anilines is 1. The summed E-state index contributed by atoms with van der Waals surface area (Å²) < 4.78 is 7.94. The molecule has 0 saturated carbocycles. The number of nitrogens with one attached hydrogen (secondary N) is 1. The molecule has 1 aromatic rings. The first-order valence-corrected chi connectivity index (χ1v) is 7.96. The highest BCUT2D eigenvalue weighted by Crippen LogP contribution is 2.27. The van der Waals surface area contributed by atoms with Crippen molar-refractivity contribution in [2.24, 2.45) is 0 Å². The van der Waals surface area contributed by atoms with E-state index in [1.54, 1.807) is 0 Å². The standard InChI is InChI=1S/C16H29N3O/c1-6-7-15-10-14(8-9-20-15)17-16-12(4)18-19(11(2)3)13(16)5/h11,14-15,17H,6-10H2,1-5H3. The van der Waals surface area contributed by atoms with E-state index in [2.05, 4.69) is 49.7 Å². The Morgan fingerprint density at radius 2 is 2.15 bits per heavy atom. The zero-order valence-electron chi connectivity index (χ0n) is 13.6. The summed E-state index contributed by atoms with van der Waals surface area (Å²) in [4.78, 5) is 0. The summed E-state index contributed by atoms with van der Waals surface area (Å²) in [6.45, 7) is 11.7. The zero-order chi connectivity index (χ0) is 14.7. The molecule has 20 heavy (non-hydrogen) atoms. The van der Waals surface area contributed by atoms with E-state index in [1.807, 2.05) is 0 Å². The molecule has 0 spiro atoms. The molecule has 1 aromatic heterocycles. The second kappa shape index (κ2) is 6.61. The molecule has 2 atom stereocenters. The number of rotatable bonds is 5. The van der Waals surface area contributed by atoms with E-state index in [1.165, 1.54) is 24.2 Å². The van der Waals surface area contributed by atoms with Gasteiger partial charge in [-0.3, -0.25) is 4.68 Å². The fraction of sp³-hybridized carbons (Fsp3) is 0.812. The Balaban J connectivity index is 2.06. The molecule has 1 aliphatic rings. The molecule has 114 valence electrons. The van der Waals surface area contributed by atoms with E-state index < -0.39 is 0 Å². The highest BCUT2D eigenvalue weighted by atomic mass is 16.5. The third kappa shape index (κ3) is 3.35. The van der Waals surface area contributed by atoms with Crippen molar-refractivity contribution in [3.05, 3.63) is 11.4 Å². The number of aryl methyl sites for hydroxylation is 1. The van der Waals surface area contributed by atoms with Gasteiger partial charge < -0.3 is 10.1 Å². The van der Waals surface area contributed by atoms with E-state index in [0.29, 0.717) is 18.2 Å². The fourth-order valence-corrected chi connectivity index (χ4v) is 3.11. The summed E-state index contributed by atoms with van der Waals surface area (Å²) in [6, 6.07) is 0.925. The number of hydrogen-bond acceptors (Lipinski definition) is 3. The minimum Gasteiger partial charge on any atom is -0.379 e. The molecular weight excluding hydrogens is 250 g/mol. The average Bonchev–Trinajstić information content (AvgIpc) is 2.68. The lowest BCUT2D eigenvalue weighted by Crippen LogP contribution is -2.34. The normalized spacial score (nSPS) is 23.3. The molecule has 1 saturated heterocycles. The molecule has 0 bridgehead atoms. The van der Waals surface area contributed by atoms with Crippen LogP contribution in [0.25, 0.3) is 0 Å². The van der Waals surface area contributed by atoms with Crippen LogP contribution in [0.5, 0.6) is 0 Å². The number of aromatic nitrogens is 2. The first-order valence-electron chi connectivity index (χ1n) is 7.96. The highest BCUT2D eigenvalue weighted by molar-refractivity contribution is 5.53. The monoisotopic (exact) mass is 279 g/mol. The number of ether oxygens (including phenoxy) is 1. The average molecular weight is 279 g/mol. The number of hydrogen-bond donors (Lipinski definition) is 1. The van der Waals surface area contributed by atoms with Gasteiger partial charge in [0.2, 0.25) is 0 Å². The minimum absolute atomic E-state index is 0.409. The van der Waals surface area contributed by atoms with Crippen LogP contribution in [0.3, 0.4) is 0 Å². The van der Waals surface area contributed by atoms with Crippen LogP contribution in [-0.4, -0.2) is 28.5 Å². The maximum absolute atomic E-state index is 5.83. The molecule has 2 unspecified atom stereocenters. The summed E-state index contributed by atoms with van der Waals surface area (Å²) in [6.07, 6.45) is 4.99. The smallest absolute Gasteiger partial charge is 0.0828 e. The summed E-state index contributed by atoms with van der Waals surface area (Å²) >= 11 is 0. The van der Waals surface area contributed by atoms with Crippen LogP contribution in [0.15, 0.2) is 0 Å². The second-order valence-electron chi connectivity index (χ2n) is 6.23. The van der Waals surface area contributed by atoms with E-state index in [9.17, 15) is 0 Å². The van der Waals surface area contributed by atoms with Gasteiger partial charge in [-0.1, -0.05) is 13.3 Å². The summed E-state index contributed by atoms with van der Waals surface area (Å²) in [5.41, 5.74) is 3.58. The largest absolute Gasteiger partial charge is 0.379 e. The van der Waals surface area contributed by atoms with Gasteiger partial charge in [-0.05, 0) is 47.0 Å². The van der Waals surface area contributed by atoms with Crippen molar-refractivity contribution in [2.45, 2.75) is 78.5 Å². The van der Waals surface area contributed by atoms with E-state index in [4.69, 9.17) is 4.74 Å². The Kier molecular flexibility index (Phi) is 5.08. The van der Waals surface area contributed by atoms with Crippen molar-refractivity contribution < 1.29 is 4.74 Å². The maximum atomic E-state index is 5.83. The molecule has 0 radical (unpaired) electrons. The molecular formula is C16H29N3O. The van der Waals surface area contributed by atoms with Crippen LogP contribution in [-0.2, 0) is 4.74 Å². The van der Waals surface area contributed by atoms with Crippen LogP contribution in [0.1, 0.15) is 63.9 Å². The number of nitrogens with zero attached hydrogens (tertiary/aromatic N) is 2. The lowest BCUT2D eigenvalue weighted by molar-refractivity contribution is 0.00596. The van der Waals surface area contributed by atoms with E-state index >= 15 is 0 Å². The lowest BCUT2D eigenvalue weighted by Gasteiger charge is -2.30. The summed E-state index contributed by atoms with van der Waals surface area (Å²) in [7, 11) is 0. The second-order valence-corrected chi connectivity index (χ2v) is 6.23. The van der Waals surface area contributed by atoms with Crippen LogP contribution in [0.2, 0.25) is 0 Å². The molecule has 0 amide bonds. The SMILES string of the molecule is CCCC1CC(Nc2c(C)nn(C(C)C)c2C)CCO1. The van der Waals surface area contributed by atoms with Crippen LogP contribution >= 0.6 is 0 Å². The lowest BCUT2D eigenvalue weighted by atomic mass is 9.99. The van der Waals surface area contributed by atoms with Gasteiger partial charge in [0.1, 0.15) is 0 Å². The molecule has 2 rings (SSSR count). The Bertz CT molecular complexity index is 437. The zero-order valence-corrected chi connectivity index (χ0v) is 13.6. The molecule has 1 fully saturated rings. The topological polar surface area (TPSA) is 39.1 Å². The third-order valence-corrected chi connectivity index (χ3v) is 4.14. The first kappa shape index (κ1) is 15.4. The van der Waals surface area contributed by atoms with Crippen LogP contribution < -0.4 is 5.32 Å². The summed E-state index contributed by atoms with van der Waals surface area (Å²) in [5.74, 6) is 0. The van der Waals surface area contributed by atoms with Crippen molar-refractivity contribution in [3.8, 4) is 0 Å². The van der Waals surface area contributed by atoms with Gasteiger partial charge in [0.25, 0.3) is 0 Å². The van der Waals surface area contributed by atoms with Gasteiger partial charge in [-0.2, -0.15) is 5.10 Å². The molecule has 1 aliphatic heterocycles. The van der Waals surface area contributed by atoms with Crippen LogP contribution in [0, 0.1) is 13.8 Å². The summed E-state index contributed by atoms with van der Waals surface area (Å²) in [5, 5.41) is 8.37. The Morgan fingerprint density at radius 3 is 2.75 bits per heavy atom. The van der Waals surface area contributed by atoms with Gasteiger partial charge in [0.05, 0.1) is 23.2 Å². The molecule has 4 heteroatoms. The first-order chi connectivity index (χ1) is 9.52. The van der Waals surface area contributed by atoms with Crippen molar-refractivity contribution in [3.63, 3.8) is 0 Å². The molecule has 4 nitrogen and oxygen atoms in total. The minimum atomic E-state index is 0.409. The van der Waals surface area contributed by atoms with Crippen molar-refractivity contribution in [2.75, 3.05) is 11.9 Å². The van der Waals surface area contributed by atoms with Gasteiger partial charge in [-0.15, -0.1) is 0 Å². The van der Waals surface area contributed by atoms with E-state index in [-0.39, 0.29) is 0 Å². The molecule has 1 N–H and O–H groups in total. The Labute approximate surface area is 122 Å². The van der Waals surface area contributed by atoms with E-state index in [0.717, 1.165) is 25.1 Å². The van der Waals surface area contributed by atoms with Gasteiger partial charge in [0.15, 0.2) is 0 Å².